The molecule has 0 unspecified atom stereocenters. The number of β-amino-alcohol motifs (C(OH)–C–C–N with tert-alkyl or cyclic N) is 1. The smallest absolute Gasteiger partial charge is 0.165 e. The molecule has 0 radical (unpaired) electrons. The molecule has 1 aromatic carbocycles. The Morgan fingerprint density at radius 3 is 2.86 bits per heavy atom. The zero-order valence-corrected chi connectivity index (χ0v) is 13.7. The highest BCUT2D eigenvalue weighted by atomic mass is 32.1. The molecule has 5 heteroatoms. The van der Waals surface area contributed by atoms with Crippen molar-refractivity contribution in [3.8, 4) is 21.9 Å². The molecule has 0 bridgehead atoms. The molecule has 2 aromatic rings. The summed E-state index contributed by atoms with van der Waals surface area (Å²) in [5, 5.41) is 19.9. The first-order valence-corrected chi connectivity index (χ1v) is 8.30. The first-order valence-electron chi connectivity index (χ1n) is 7.49. The molecule has 4 nitrogen and oxygen atoms in total. The third-order valence-corrected chi connectivity index (χ3v) is 4.79. The van der Waals surface area contributed by atoms with Gasteiger partial charge in [0.1, 0.15) is 6.61 Å². The molecule has 1 aromatic heterocycles. The molecule has 0 saturated heterocycles. The lowest BCUT2D eigenvalue weighted by molar-refractivity contribution is 0.117. The average Bonchev–Trinajstić information content (AvgIpc) is 2.76. The summed E-state index contributed by atoms with van der Waals surface area (Å²) in [6.07, 6.45) is -0.377. The number of nitrogens with zero attached hydrogens (tertiary/aromatic N) is 1. The van der Waals surface area contributed by atoms with Crippen LogP contribution >= 0.6 is 11.3 Å². The van der Waals surface area contributed by atoms with Gasteiger partial charge in [-0.25, -0.2) is 0 Å². The topological polar surface area (TPSA) is 52.9 Å². The van der Waals surface area contributed by atoms with Crippen LogP contribution in [0.3, 0.4) is 0 Å². The number of aliphatic hydroxyl groups excluding tert-OH is 1. The predicted molar refractivity (Wildman–Crippen MR) is 88.6 cm³/mol. The van der Waals surface area contributed by atoms with Gasteiger partial charge in [0.05, 0.1) is 6.10 Å². The first kappa shape index (κ1) is 15.3. The molecule has 2 heterocycles. The molecule has 2 N–H and O–H groups in total. The SMILES string of the molecule is Cc1ccc(-c2cc(O)c3c(c2)CN(C[C@H](C)O)CCO3)s1. The monoisotopic (exact) mass is 319 g/mol. The van der Waals surface area contributed by atoms with Crippen molar-refractivity contribution in [1.82, 2.24) is 4.90 Å². The number of phenolic OH excluding ortho intramolecular Hbond substituents is 1. The molecule has 118 valence electrons. The van der Waals surface area contributed by atoms with Crippen LogP contribution < -0.4 is 4.74 Å². The van der Waals surface area contributed by atoms with Crippen molar-refractivity contribution in [2.45, 2.75) is 26.5 Å². The molecule has 1 atom stereocenters. The van der Waals surface area contributed by atoms with E-state index in [1.807, 2.05) is 0 Å². The van der Waals surface area contributed by atoms with Gasteiger partial charge in [0.25, 0.3) is 0 Å². The van der Waals surface area contributed by atoms with Crippen LogP contribution in [0.25, 0.3) is 10.4 Å². The van der Waals surface area contributed by atoms with E-state index in [-0.39, 0.29) is 11.9 Å². The van der Waals surface area contributed by atoms with Crippen molar-refractivity contribution in [3.63, 3.8) is 0 Å². The molecule has 0 amide bonds. The number of aliphatic hydroxyl groups is 1. The molecule has 0 saturated carbocycles. The van der Waals surface area contributed by atoms with E-state index in [1.165, 1.54) is 4.88 Å². The maximum atomic E-state index is 10.3. The summed E-state index contributed by atoms with van der Waals surface area (Å²) < 4.78 is 5.72. The second-order valence-electron chi connectivity index (χ2n) is 5.83. The number of benzene rings is 1. The van der Waals surface area contributed by atoms with E-state index in [4.69, 9.17) is 4.74 Å². The quantitative estimate of drug-likeness (QED) is 0.913. The maximum absolute atomic E-state index is 10.3. The zero-order valence-electron chi connectivity index (χ0n) is 12.9. The highest BCUT2D eigenvalue weighted by Gasteiger charge is 2.20. The van der Waals surface area contributed by atoms with Gasteiger partial charge >= 0.3 is 0 Å². The fourth-order valence-electron chi connectivity index (χ4n) is 2.81. The fraction of sp³-hybridized carbons (Fsp3) is 0.412. The number of rotatable bonds is 3. The number of hydrogen-bond donors (Lipinski definition) is 2. The van der Waals surface area contributed by atoms with Gasteiger partial charge in [-0.05, 0) is 43.7 Å². The molecule has 0 spiro atoms. The highest BCUT2D eigenvalue weighted by Crippen LogP contribution is 2.39. The van der Waals surface area contributed by atoms with E-state index < -0.39 is 0 Å². The Bertz CT molecular complexity index is 666. The molecule has 1 aliphatic rings. The third-order valence-electron chi connectivity index (χ3n) is 3.74. The lowest BCUT2D eigenvalue weighted by Crippen LogP contribution is -2.32. The number of aromatic hydroxyl groups is 1. The molecule has 0 aliphatic carbocycles. The minimum atomic E-state index is -0.377. The number of aryl methyl sites for hydroxylation is 1. The summed E-state index contributed by atoms with van der Waals surface area (Å²) in [6, 6.07) is 8.01. The molecule has 1 aliphatic heterocycles. The maximum Gasteiger partial charge on any atom is 0.165 e. The van der Waals surface area contributed by atoms with Crippen LogP contribution in [0.4, 0.5) is 0 Å². The Morgan fingerprint density at radius 2 is 2.18 bits per heavy atom. The Balaban J connectivity index is 1.95. The van der Waals surface area contributed by atoms with Gasteiger partial charge < -0.3 is 14.9 Å². The summed E-state index contributed by atoms with van der Waals surface area (Å²) in [5.74, 6) is 0.766. The number of ether oxygens (including phenoxy) is 1. The zero-order chi connectivity index (χ0) is 15.7. The molecule has 22 heavy (non-hydrogen) atoms. The van der Waals surface area contributed by atoms with Crippen molar-refractivity contribution in [3.05, 3.63) is 34.7 Å². The Hall–Kier alpha value is -1.56. The number of fused-ring (bicyclic) bond motifs is 1. The van der Waals surface area contributed by atoms with Gasteiger partial charge in [-0.3, -0.25) is 4.90 Å². The van der Waals surface area contributed by atoms with Crippen LogP contribution in [0.15, 0.2) is 24.3 Å². The number of thiophene rings is 1. The number of phenols is 1. The Morgan fingerprint density at radius 1 is 1.36 bits per heavy atom. The van der Waals surface area contributed by atoms with Crippen LogP contribution in [-0.4, -0.2) is 40.9 Å². The third kappa shape index (κ3) is 3.27. The Kier molecular flexibility index (Phi) is 4.38. The molecule has 0 fully saturated rings. The van der Waals surface area contributed by atoms with Gasteiger partial charge in [0.2, 0.25) is 0 Å². The van der Waals surface area contributed by atoms with Crippen LogP contribution in [0.2, 0.25) is 0 Å². The van der Waals surface area contributed by atoms with Crippen molar-refractivity contribution in [2.24, 2.45) is 0 Å². The minimum absolute atomic E-state index is 0.192. The van der Waals surface area contributed by atoms with E-state index in [1.54, 1.807) is 24.3 Å². The van der Waals surface area contributed by atoms with Gasteiger partial charge in [0.15, 0.2) is 11.5 Å². The molecular formula is C17H21NO3S. The summed E-state index contributed by atoms with van der Waals surface area (Å²) in [5.41, 5.74) is 1.98. The summed E-state index contributed by atoms with van der Waals surface area (Å²) >= 11 is 1.71. The van der Waals surface area contributed by atoms with Gasteiger partial charge in [-0.2, -0.15) is 0 Å². The summed E-state index contributed by atoms with van der Waals surface area (Å²) in [6.45, 7) is 6.40. The number of hydrogen-bond acceptors (Lipinski definition) is 5. The van der Waals surface area contributed by atoms with E-state index in [0.29, 0.717) is 25.4 Å². The second kappa shape index (κ2) is 6.28. The summed E-state index contributed by atoms with van der Waals surface area (Å²) in [4.78, 5) is 4.54. The average molecular weight is 319 g/mol. The van der Waals surface area contributed by atoms with Crippen LogP contribution in [0.1, 0.15) is 17.4 Å². The van der Waals surface area contributed by atoms with E-state index in [0.717, 1.165) is 22.5 Å². The van der Waals surface area contributed by atoms with E-state index in [2.05, 4.69) is 30.0 Å². The van der Waals surface area contributed by atoms with E-state index >= 15 is 0 Å². The van der Waals surface area contributed by atoms with Crippen LogP contribution in [0.5, 0.6) is 11.5 Å². The van der Waals surface area contributed by atoms with Crippen LogP contribution in [-0.2, 0) is 6.54 Å². The largest absolute Gasteiger partial charge is 0.504 e. The van der Waals surface area contributed by atoms with Crippen molar-refractivity contribution in [2.75, 3.05) is 19.7 Å². The minimum Gasteiger partial charge on any atom is -0.504 e. The van der Waals surface area contributed by atoms with Crippen molar-refractivity contribution >= 4 is 11.3 Å². The fourth-order valence-corrected chi connectivity index (χ4v) is 3.67. The second-order valence-corrected chi connectivity index (χ2v) is 7.11. The normalized spacial score (nSPS) is 16.7. The van der Waals surface area contributed by atoms with E-state index in [9.17, 15) is 10.2 Å². The van der Waals surface area contributed by atoms with Crippen LogP contribution in [0, 0.1) is 6.92 Å². The molecule has 3 rings (SSSR count). The first-order chi connectivity index (χ1) is 10.5. The van der Waals surface area contributed by atoms with Crippen molar-refractivity contribution in [1.29, 1.82) is 0 Å². The predicted octanol–water partition coefficient (Wildman–Crippen LogP) is 3.00. The van der Waals surface area contributed by atoms with Gasteiger partial charge in [0, 0.05) is 35.0 Å². The Labute approximate surface area is 134 Å². The lowest BCUT2D eigenvalue weighted by Gasteiger charge is -2.20. The highest BCUT2D eigenvalue weighted by molar-refractivity contribution is 7.15. The van der Waals surface area contributed by atoms with Gasteiger partial charge in [-0.1, -0.05) is 0 Å². The summed E-state index contributed by atoms with van der Waals surface area (Å²) in [7, 11) is 0. The molecular weight excluding hydrogens is 298 g/mol. The standard InChI is InChI=1S/C17H21NO3S/c1-11(19)9-18-5-6-21-17-14(10-18)7-13(8-15(17)20)16-4-3-12(2)22-16/h3-4,7-8,11,19-20H,5-6,9-10H2,1-2H3/t11-/m0/s1. The lowest BCUT2D eigenvalue weighted by atomic mass is 10.1. The van der Waals surface area contributed by atoms with Crippen molar-refractivity contribution < 1.29 is 14.9 Å². The van der Waals surface area contributed by atoms with Gasteiger partial charge in [-0.15, -0.1) is 11.3 Å².